The molecule has 126 valence electrons. The summed E-state index contributed by atoms with van der Waals surface area (Å²) in [6, 6.07) is -0.222. The SMILES string of the molecule is CC(=O)N1CCN(C(=O)[C@H](C)NC[C@H]2CN(C)CCO2)CC1. The number of hydrogen-bond donors (Lipinski definition) is 1. The molecule has 2 saturated heterocycles. The van der Waals surface area contributed by atoms with Gasteiger partial charge < -0.3 is 24.8 Å². The molecule has 1 N–H and O–H groups in total. The van der Waals surface area contributed by atoms with E-state index in [-0.39, 0.29) is 24.0 Å². The van der Waals surface area contributed by atoms with Crippen molar-refractivity contribution in [3.63, 3.8) is 0 Å². The van der Waals surface area contributed by atoms with Crippen molar-refractivity contribution in [3.05, 3.63) is 0 Å². The number of nitrogens with one attached hydrogen (secondary N) is 1. The number of rotatable bonds is 4. The fraction of sp³-hybridized carbons (Fsp3) is 0.867. The Bertz CT molecular complexity index is 396. The highest BCUT2D eigenvalue weighted by atomic mass is 16.5. The fourth-order valence-corrected chi connectivity index (χ4v) is 2.90. The topological polar surface area (TPSA) is 65.1 Å². The fourth-order valence-electron chi connectivity index (χ4n) is 2.90. The summed E-state index contributed by atoms with van der Waals surface area (Å²) in [5, 5.41) is 3.28. The van der Waals surface area contributed by atoms with Gasteiger partial charge in [-0.2, -0.15) is 0 Å². The molecule has 0 spiro atoms. The number of hydrogen-bond acceptors (Lipinski definition) is 5. The molecule has 0 unspecified atom stereocenters. The van der Waals surface area contributed by atoms with Crippen molar-refractivity contribution in [2.75, 3.05) is 59.5 Å². The van der Waals surface area contributed by atoms with Gasteiger partial charge >= 0.3 is 0 Å². The minimum atomic E-state index is -0.222. The summed E-state index contributed by atoms with van der Waals surface area (Å²) in [5.41, 5.74) is 0. The first-order valence-electron chi connectivity index (χ1n) is 8.05. The predicted molar refractivity (Wildman–Crippen MR) is 83.5 cm³/mol. The molecule has 2 rings (SSSR count). The van der Waals surface area contributed by atoms with Gasteiger partial charge in [0.1, 0.15) is 0 Å². The third-order valence-electron chi connectivity index (χ3n) is 4.40. The molecule has 2 fully saturated rings. The van der Waals surface area contributed by atoms with Gasteiger partial charge in [0.05, 0.1) is 18.8 Å². The van der Waals surface area contributed by atoms with Gasteiger partial charge in [-0.3, -0.25) is 9.59 Å². The Labute approximate surface area is 132 Å². The van der Waals surface area contributed by atoms with Crippen LogP contribution >= 0.6 is 0 Å². The van der Waals surface area contributed by atoms with E-state index in [4.69, 9.17) is 4.74 Å². The second-order valence-corrected chi connectivity index (χ2v) is 6.22. The predicted octanol–water partition coefficient (Wildman–Crippen LogP) is -1.01. The van der Waals surface area contributed by atoms with Crippen LogP contribution in [-0.4, -0.2) is 98.1 Å². The monoisotopic (exact) mass is 312 g/mol. The second-order valence-electron chi connectivity index (χ2n) is 6.22. The summed E-state index contributed by atoms with van der Waals surface area (Å²) >= 11 is 0. The van der Waals surface area contributed by atoms with Gasteiger partial charge in [0.25, 0.3) is 0 Å². The van der Waals surface area contributed by atoms with E-state index in [0.29, 0.717) is 32.7 Å². The quantitative estimate of drug-likeness (QED) is 0.720. The minimum Gasteiger partial charge on any atom is -0.374 e. The largest absolute Gasteiger partial charge is 0.374 e. The normalized spacial score (nSPS) is 25.1. The number of nitrogens with zero attached hydrogens (tertiary/aromatic N) is 3. The van der Waals surface area contributed by atoms with Crippen LogP contribution in [0.15, 0.2) is 0 Å². The molecule has 2 amide bonds. The Balaban J connectivity index is 1.72. The van der Waals surface area contributed by atoms with Crippen LogP contribution in [0, 0.1) is 0 Å². The van der Waals surface area contributed by atoms with E-state index in [1.54, 1.807) is 11.8 Å². The molecule has 0 bridgehead atoms. The summed E-state index contributed by atoms with van der Waals surface area (Å²) in [6.45, 7) is 9.25. The first kappa shape index (κ1) is 17.2. The van der Waals surface area contributed by atoms with Crippen molar-refractivity contribution >= 4 is 11.8 Å². The lowest BCUT2D eigenvalue weighted by Crippen LogP contribution is -2.55. The molecule has 0 aliphatic carbocycles. The van der Waals surface area contributed by atoms with Crippen molar-refractivity contribution < 1.29 is 14.3 Å². The number of ether oxygens (including phenoxy) is 1. The number of carbonyl (C=O) groups is 2. The number of morpholine rings is 1. The summed E-state index contributed by atoms with van der Waals surface area (Å²) in [7, 11) is 2.08. The molecule has 2 atom stereocenters. The maximum absolute atomic E-state index is 12.4. The molecule has 0 radical (unpaired) electrons. The summed E-state index contributed by atoms with van der Waals surface area (Å²) < 4.78 is 5.69. The average molecular weight is 312 g/mol. The number of carbonyl (C=O) groups excluding carboxylic acids is 2. The van der Waals surface area contributed by atoms with Crippen LogP contribution in [0.1, 0.15) is 13.8 Å². The van der Waals surface area contributed by atoms with Gasteiger partial charge in [-0.05, 0) is 14.0 Å². The van der Waals surface area contributed by atoms with Crippen molar-refractivity contribution in [3.8, 4) is 0 Å². The van der Waals surface area contributed by atoms with Crippen LogP contribution in [0.3, 0.4) is 0 Å². The second kappa shape index (κ2) is 7.89. The minimum absolute atomic E-state index is 0.0804. The van der Waals surface area contributed by atoms with Crippen LogP contribution in [0.4, 0.5) is 0 Å². The number of likely N-dealkylation sites (N-methyl/N-ethyl adjacent to an activating group) is 1. The number of amides is 2. The van der Waals surface area contributed by atoms with Crippen LogP contribution in [0.25, 0.3) is 0 Å². The van der Waals surface area contributed by atoms with Gasteiger partial charge in [0.2, 0.25) is 11.8 Å². The molecular weight excluding hydrogens is 284 g/mol. The molecule has 7 heteroatoms. The maximum atomic E-state index is 12.4. The van der Waals surface area contributed by atoms with Crippen LogP contribution in [0.2, 0.25) is 0 Å². The molecule has 0 aromatic rings. The van der Waals surface area contributed by atoms with Crippen LogP contribution < -0.4 is 5.32 Å². The molecule has 2 aliphatic rings. The third-order valence-corrected chi connectivity index (χ3v) is 4.40. The Kier molecular flexibility index (Phi) is 6.16. The van der Waals surface area contributed by atoms with E-state index < -0.39 is 0 Å². The van der Waals surface area contributed by atoms with Crippen LogP contribution in [0.5, 0.6) is 0 Å². The highest BCUT2D eigenvalue weighted by Crippen LogP contribution is 2.06. The smallest absolute Gasteiger partial charge is 0.239 e. The zero-order chi connectivity index (χ0) is 16.1. The van der Waals surface area contributed by atoms with Crippen molar-refractivity contribution in [2.24, 2.45) is 0 Å². The molecule has 0 aromatic heterocycles. The van der Waals surface area contributed by atoms with E-state index in [0.717, 1.165) is 19.7 Å². The molecule has 2 aliphatic heterocycles. The van der Waals surface area contributed by atoms with E-state index in [1.807, 2.05) is 11.8 Å². The summed E-state index contributed by atoms with van der Waals surface area (Å²) in [4.78, 5) is 29.6. The molecule has 2 heterocycles. The summed E-state index contributed by atoms with van der Waals surface area (Å²) in [5.74, 6) is 0.184. The zero-order valence-electron chi connectivity index (χ0n) is 13.9. The molecule has 7 nitrogen and oxygen atoms in total. The number of piperazine rings is 1. The first-order chi connectivity index (χ1) is 10.5. The van der Waals surface area contributed by atoms with Gasteiger partial charge in [0, 0.05) is 52.7 Å². The first-order valence-corrected chi connectivity index (χ1v) is 8.05. The van der Waals surface area contributed by atoms with Gasteiger partial charge in [-0.15, -0.1) is 0 Å². The highest BCUT2D eigenvalue weighted by Gasteiger charge is 2.26. The van der Waals surface area contributed by atoms with Gasteiger partial charge in [-0.25, -0.2) is 0 Å². The maximum Gasteiger partial charge on any atom is 0.239 e. The lowest BCUT2D eigenvalue weighted by Gasteiger charge is -2.36. The Morgan fingerprint density at radius 1 is 1.18 bits per heavy atom. The van der Waals surface area contributed by atoms with E-state index in [1.165, 1.54) is 0 Å². The Morgan fingerprint density at radius 2 is 1.82 bits per heavy atom. The van der Waals surface area contributed by atoms with Crippen molar-refractivity contribution in [1.82, 2.24) is 20.0 Å². The van der Waals surface area contributed by atoms with E-state index in [2.05, 4.69) is 17.3 Å². The molecule has 0 aromatic carbocycles. The molecular formula is C15H28N4O3. The average Bonchev–Trinajstić information content (AvgIpc) is 2.52. The zero-order valence-corrected chi connectivity index (χ0v) is 13.9. The molecule has 0 saturated carbocycles. The highest BCUT2D eigenvalue weighted by molar-refractivity contribution is 5.82. The Morgan fingerprint density at radius 3 is 2.41 bits per heavy atom. The van der Waals surface area contributed by atoms with Crippen molar-refractivity contribution in [2.45, 2.75) is 26.0 Å². The lowest BCUT2D eigenvalue weighted by atomic mass is 10.2. The molecule has 22 heavy (non-hydrogen) atoms. The van der Waals surface area contributed by atoms with Gasteiger partial charge in [0.15, 0.2) is 0 Å². The summed E-state index contributed by atoms with van der Waals surface area (Å²) in [6.07, 6.45) is 0.142. The van der Waals surface area contributed by atoms with Crippen LogP contribution in [-0.2, 0) is 14.3 Å². The standard InChI is InChI=1S/C15H28N4O3/c1-12(16-10-14-11-17(3)8-9-22-14)15(21)19-6-4-18(5-7-19)13(2)20/h12,14,16H,4-11H2,1-3H3/t12-,14-/m0/s1. The van der Waals surface area contributed by atoms with Crippen molar-refractivity contribution in [1.29, 1.82) is 0 Å². The van der Waals surface area contributed by atoms with Gasteiger partial charge in [-0.1, -0.05) is 0 Å². The third kappa shape index (κ3) is 4.66. The van der Waals surface area contributed by atoms with E-state index >= 15 is 0 Å². The lowest BCUT2D eigenvalue weighted by molar-refractivity contribution is -0.139. The Hall–Kier alpha value is -1.18. The van der Waals surface area contributed by atoms with E-state index in [9.17, 15) is 9.59 Å².